The molecule has 0 amide bonds. The third kappa shape index (κ3) is 3.97. The van der Waals surface area contributed by atoms with Crippen LogP contribution >= 0.6 is 0 Å². The predicted octanol–water partition coefficient (Wildman–Crippen LogP) is 3.69. The standard InChI is InChI=1S/C16H26O4/c17-14(18)10-16(11-15(19)20)8-6-13(7-9-16)12-4-2-1-3-5-12/h12-13H,1-11H2,(H,17,18)(H,19,20). The molecule has 2 aliphatic rings. The van der Waals surface area contributed by atoms with Crippen LogP contribution in [0.25, 0.3) is 0 Å². The summed E-state index contributed by atoms with van der Waals surface area (Å²) in [5.74, 6) is -0.216. The van der Waals surface area contributed by atoms with E-state index in [0.29, 0.717) is 5.92 Å². The van der Waals surface area contributed by atoms with Crippen LogP contribution in [0.2, 0.25) is 0 Å². The van der Waals surface area contributed by atoms with Gasteiger partial charge in [-0.2, -0.15) is 0 Å². The van der Waals surface area contributed by atoms with Gasteiger partial charge in [0.05, 0.1) is 12.8 Å². The van der Waals surface area contributed by atoms with E-state index in [1.165, 1.54) is 32.1 Å². The van der Waals surface area contributed by atoms with Crippen molar-refractivity contribution in [3.05, 3.63) is 0 Å². The summed E-state index contributed by atoms with van der Waals surface area (Å²) in [5, 5.41) is 18.1. The molecule has 0 spiro atoms. The molecule has 0 radical (unpaired) electrons. The number of carboxylic acids is 2. The number of aliphatic carboxylic acids is 2. The van der Waals surface area contributed by atoms with Crippen molar-refractivity contribution in [2.45, 2.75) is 70.6 Å². The van der Waals surface area contributed by atoms with Crippen molar-refractivity contribution >= 4 is 11.9 Å². The van der Waals surface area contributed by atoms with E-state index in [2.05, 4.69) is 0 Å². The van der Waals surface area contributed by atoms with Gasteiger partial charge in [0.2, 0.25) is 0 Å². The molecule has 114 valence electrons. The van der Waals surface area contributed by atoms with Gasteiger partial charge in [0.1, 0.15) is 0 Å². The molecular weight excluding hydrogens is 256 g/mol. The normalized spacial score (nSPS) is 24.4. The Kier molecular flexibility index (Phi) is 5.06. The molecule has 20 heavy (non-hydrogen) atoms. The topological polar surface area (TPSA) is 74.6 Å². The molecular formula is C16H26O4. The van der Waals surface area contributed by atoms with Crippen molar-refractivity contribution in [3.8, 4) is 0 Å². The number of carboxylic acid groups (broad SMARTS) is 2. The Labute approximate surface area is 120 Å². The molecule has 2 aliphatic carbocycles. The van der Waals surface area contributed by atoms with E-state index in [0.717, 1.165) is 31.6 Å². The zero-order valence-electron chi connectivity index (χ0n) is 12.1. The van der Waals surface area contributed by atoms with E-state index in [-0.39, 0.29) is 12.8 Å². The average Bonchev–Trinajstić information content (AvgIpc) is 2.39. The zero-order valence-corrected chi connectivity index (χ0v) is 12.1. The lowest BCUT2D eigenvalue weighted by Gasteiger charge is -2.42. The van der Waals surface area contributed by atoms with Crippen LogP contribution in [0.1, 0.15) is 70.6 Å². The fourth-order valence-corrected chi connectivity index (χ4v) is 4.39. The highest BCUT2D eigenvalue weighted by Gasteiger charge is 2.40. The highest BCUT2D eigenvalue weighted by atomic mass is 16.4. The summed E-state index contributed by atoms with van der Waals surface area (Å²) < 4.78 is 0. The van der Waals surface area contributed by atoms with Crippen molar-refractivity contribution in [2.24, 2.45) is 17.3 Å². The SMILES string of the molecule is O=C(O)CC1(CC(=O)O)CCC(C2CCCCC2)CC1. The maximum atomic E-state index is 11.0. The largest absolute Gasteiger partial charge is 0.481 e. The lowest BCUT2D eigenvalue weighted by Crippen LogP contribution is -2.34. The molecule has 2 N–H and O–H groups in total. The molecule has 4 heteroatoms. The second kappa shape index (κ2) is 6.59. The first-order valence-electron chi connectivity index (χ1n) is 7.94. The van der Waals surface area contributed by atoms with Crippen LogP contribution in [0.4, 0.5) is 0 Å². The number of hydrogen-bond donors (Lipinski definition) is 2. The lowest BCUT2D eigenvalue weighted by atomic mass is 9.63. The van der Waals surface area contributed by atoms with Gasteiger partial charge in [0, 0.05) is 0 Å². The molecule has 0 unspecified atom stereocenters. The van der Waals surface area contributed by atoms with Crippen LogP contribution in [-0.2, 0) is 9.59 Å². The second-order valence-corrected chi connectivity index (χ2v) is 6.88. The maximum Gasteiger partial charge on any atom is 0.303 e. The summed E-state index contributed by atoms with van der Waals surface area (Å²) in [7, 11) is 0. The summed E-state index contributed by atoms with van der Waals surface area (Å²) in [6.45, 7) is 0. The van der Waals surface area contributed by atoms with Gasteiger partial charge >= 0.3 is 11.9 Å². The minimum atomic E-state index is -0.859. The van der Waals surface area contributed by atoms with E-state index >= 15 is 0 Å². The van der Waals surface area contributed by atoms with Crippen molar-refractivity contribution < 1.29 is 19.8 Å². The van der Waals surface area contributed by atoms with Gasteiger partial charge in [0.15, 0.2) is 0 Å². The quantitative estimate of drug-likeness (QED) is 0.806. The number of carbonyl (C=O) groups is 2. The van der Waals surface area contributed by atoms with E-state index in [9.17, 15) is 9.59 Å². The fourth-order valence-electron chi connectivity index (χ4n) is 4.39. The van der Waals surface area contributed by atoms with Crippen LogP contribution < -0.4 is 0 Å². The highest BCUT2D eigenvalue weighted by Crippen LogP contribution is 2.48. The maximum absolute atomic E-state index is 11.0. The molecule has 4 nitrogen and oxygen atoms in total. The van der Waals surface area contributed by atoms with Crippen molar-refractivity contribution in [1.82, 2.24) is 0 Å². The molecule has 0 saturated heterocycles. The zero-order chi connectivity index (χ0) is 14.6. The Hall–Kier alpha value is -1.06. The summed E-state index contributed by atoms with van der Waals surface area (Å²) in [6.07, 6.45) is 10.2. The molecule has 2 rings (SSSR count). The molecule has 0 aromatic carbocycles. The van der Waals surface area contributed by atoms with Crippen LogP contribution in [0.15, 0.2) is 0 Å². The van der Waals surface area contributed by atoms with Crippen LogP contribution in [0, 0.1) is 17.3 Å². The van der Waals surface area contributed by atoms with Crippen LogP contribution in [0.3, 0.4) is 0 Å². The molecule has 0 bridgehead atoms. The molecule has 0 aromatic heterocycles. The predicted molar refractivity (Wildman–Crippen MR) is 75.5 cm³/mol. The first-order chi connectivity index (χ1) is 9.51. The van der Waals surface area contributed by atoms with Crippen LogP contribution in [-0.4, -0.2) is 22.2 Å². The average molecular weight is 282 g/mol. The first kappa shape index (κ1) is 15.3. The van der Waals surface area contributed by atoms with Gasteiger partial charge in [-0.3, -0.25) is 9.59 Å². The summed E-state index contributed by atoms with van der Waals surface area (Å²) >= 11 is 0. The van der Waals surface area contributed by atoms with Crippen molar-refractivity contribution in [1.29, 1.82) is 0 Å². The lowest BCUT2D eigenvalue weighted by molar-refractivity contribution is -0.145. The van der Waals surface area contributed by atoms with Gasteiger partial charge < -0.3 is 10.2 Å². The van der Waals surface area contributed by atoms with E-state index in [1.807, 2.05) is 0 Å². The van der Waals surface area contributed by atoms with Crippen molar-refractivity contribution in [3.63, 3.8) is 0 Å². The molecule has 0 aliphatic heterocycles. The molecule has 2 saturated carbocycles. The highest BCUT2D eigenvalue weighted by molar-refractivity contribution is 5.72. The molecule has 2 fully saturated rings. The monoisotopic (exact) mass is 282 g/mol. The summed E-state index contributed by atoms with van der Waals surface area (Å²) in [6, 6.07) is 0. The van der Waals surface area contributed by atoms with Crippen LogP contribution in [0.5, 0.6) is 0 Å². The summed E-state index contributed by atoms with van der Waals surface area (Å²) in [5.41, 5.74) is -0.497. The smallest absolute Gasteiger partial charge is 0.303 e. The third-order valence-corrected chi connectivity index (χ3v) is 5.46. The van der Waals surface area contributed by atoms with Gasteiger partial charge in [-0.05, 0) is 42.9 Å². The Morgan fingerprint density at radius 2 is 1.25 bits per heavy atom. The van der Waals surface area contributed by atoms with Gasteiger partial charge in [-0.25, -0.2) is 0 Å². The number of hydrogen-bond acceptors (Lipinski definition) is 2. The second-order valence-electron chi connectivity index (χ2n) is 6.88. The third-order valence-electron chi connectivity index (χ3n) is 5.46. The molecule has 0 heterocycles. The Balaban J connectivity index is 1.94. The molecule has 0 aromatic rings. The molecule has 0 atom stereocenters. The van der Waals surface area contributed by atoms with Gasteiger partial charge in [-0.15, -0.1) is 0 Å². The Morgan fingerprint density at radius 1 is 0.800 bits per heavy atom. The van der Waals surface area contributed by atoms with E-state index in [4.69, 9.17) is 10.2 Å². The Morgan fingerprint density at radius 3 is 1.70 bits per heavy atom. The van der Waals surface area contributed by atoms with Crippen molar-refractivity contribution in [2.75, 3.05) is 0 Å². The number of rotatable bonds is 5. The minimum absolute atomic E-state index is 0.0106. The van der Waals surface area contributed by atoms with Gasteiger partial charge in [-0.1, -0.05) is 32.1 Å². The van der Waals surface area contributed by atoms with E-state index < -0.39 is 17.4 Å². The Bertz CT molecular complexity index is 331. The van der Waals surface area contributed by atoms with E-state index in [1.54, 1.807) is 0 Å². The first-order valence-corrected chi connectivity index (χ1v) is 7.94. The summed E-state index contributed by atoms with van der Waals surface area (Å²) in [4.78, 5) is 22.1. The van der Waals surface area contributed by atoms with Gasteiger partial charge in [0.25, 0.3) is 0 Å². The fraction of sp³-hybridized carbons (Fsp3) is 0.875. The minimum Gasteiger partial charge on any atom is -0.481 e.